The molecule has 1 N–H and O–H groups in total. The van der Waals surface area contributed by atoms with Crippen molar-refractivity contribution in [3.63, 3.8) is 0 Å². The van der Waals surface area contributed by atoms with Crippen molar-refractivity contribution in [2.24, 2.45) is 0 Å². The first kappa shape index (κ1) is 14.7. The van der Waals surface area contributed by atoms with Gasteiger partial charge in [-0.05, 0) is 37.6 Å². The minimum absolute atomic E-state index is 0.0462. The largest absolute Gasteiger partial charge is 0.478 e. The number of aryl methyl sites for hydroxylation is 1. The van der Waals surface area contributed by atoms with Crippen molar-refractivity contribution >= 4 is 17.6 Å². The lowest BCUT2D eigenvalue weighted by Gasteiger charge is -2.23. The molecule has 5 heteroatoms. The topological polar surface area (TPSA) is 70.5 Å². The maximum absolute atomic E-state index is 12.7. The highest BCUT2D eigenvalue weighted by molar-refractivity contribution is 6.10. The maximum atomic E-state index is 12.7. The Balaban J connectivity index is 2.47. The monoisotopic (exact) mass is 284 g/mol. The number of benzene rings is 1. The van der Waals surface area contributed by atoms with Crippen LogP contribution < -0.4 is 4.90 Å². The Kier molecular flexibility index (Phi) is 4.33. The molecule has 5 nitrogen and oxygen atoms in total. The van der Waals surface area contributed by atoms with Gasteiger partial charge in [-0.3, -0.25) is 9.78 Å². The van der Waals surface area contributed by atoms with Crippen LogP contribution in [0.2, 0.25) is 0 Å². The molecular formula is C16H16N2O3. The molecule has 1 heterocycles. The molecule has 1 aromatic carbocycles. The molecule has 108 valence electrons. The van der Waals surface area contributed by atoms with Crippen molar-refractivity contribution in [2.45, 2.75) is 13.8 Å². The van der Waals surface area contributed by atoms with E-state index in [-0.39, 0.29) is 11.3 Å². The number of para-hydroxylation sites is 1. The number of hydrogen-bond donors (Lipinski definition) is 1. The molecule has 0 unspecified atom stereocenters. The molecule has 2 rings (SSSR count). The van der Waals surface area contributed by atoms with Gasteiger partial charge >= 0.3 is 5.97 Å². The fraction of sp³-hybridized carbons (Fsp3) is 0.188. The molecule has 0 radical (unpaired) electrons. The summed E-state index contributed by atoms with van der Waals surface area (Å²) < 4.78 is 0. The summed E-state index contributed by atoms with van der Waals surface area (Å²) in [6.07, 6.45) is 1.42. The van der Waals surface area contributed by atoms with E-state index in [4.69, 9.17) is 0 Å². The third-order valence-electron chi connectivity index (χ3n) is 3.21. The molecule has 0 aliphatic carbocycles. The predicted molar refractivity (Wildman–Crippen MR) is 79.7 cm³/mol. The average molecular weight is 284 g/mol. The van der Waals surface area contributed by atoms with Crippen LogP contribution in [0.5, 0.6) is 0 Å². The molecule has 0 spiro atoms. The summed E-state index contributed by atoms with van der Waals surface area (Å²) in [6, 6.07) is 10.4. The Morgan fingerprint density at radius 3 is 2.52 bits per heavy atom. The zero-order valence-electron chi connectivity index (χ0n) is 11.9. The summed E-state index contributed by atoms with van der Waals surface area (Å²) >= 11 is 0. The second-order valence-electron chi connectivity index (χ2n) is 4.54. The summed E-state index contributed by atoms with van der Waals surface area (Å²) in [7, 11) is 0. The van der Waals surface area contributed by atoms with E-state index in [1.54, 1.807) is 0 Å². The van der Waals surface area contributed by atoms with Crippen molar-refractivity contribution in [2.75, 3.05) is 11.4 Å². The quantitative estimate of drug-likeness (QED) is 0.937. The SMILES string of the molecule is CCN(C(=O)c1ncccc1C(=O)O)c1ccccc1C. The van der Waals surface area contributed by atoms with E-state index < -0.39 is 11.9 Å². The lowest BCUT2D eigenvalue weighted by molar-refractivity contribution is 0.0691. The fourth-order valence-corrected chi connectivity index (χ4v) is 2.17. The highest BCUT2D eigenvalue weighted by atomic mass is 16.4. The maximum Gasteiger partial charge on any atom is 0.338 e. The highest BCUT2D eigenvalue weighted by Gasteiger charge is 2.23. The number of aromatic carboxylic acids is 1. The van der Waals surface area contributed by atoms with Gasteiger partial charge in [-0.2, -0.15) is 0 Å². The van der Waals surface area contributed by atoms with Gasteiger partial charge in [0, 0.05) is 18.4 Å². The summed E-state index contributed by atoms with van der Waals surface area (Å²) in [6.45, 7) is 4.18. The number of carbonyl (C=O) groups is 2. The standard InChI is InChI=1S/C16H16N2O3/c1-3-18(13-9-5-4-7-11(13)2)15(19)14-12(16(20)21)8-6-10-17-14/h4-10H,3H2,1-2H3,(H,20,21). The lowest BCUT2D eigenvalue weighted by atomic mass is 10.1. The molecule has 0 fully saturated rings. The van der Waals surface area contributed by atoms with Crippen LogP contribution in [-0.4, -0.2) is 28.5 Å². The summed E-state index contributed by atoms with van der Waals surface area (Å²) in [5, 5.41) is 9.18. The molecule has 1 aromatic heterocycles. The number of hydrogen-bond acceptors (Lipinski definition) is 3. The second kappa shape index (κ2) is 6.17. The second-order valence-corrected chi connectivity index (χ2v) is 4.54. The first-order chi connectivity index (χ1) is 10.1. The first-order valence-corrected chi connectivity index (χ1v) is 6.62. The highest BCUT2D eigenvalue weighted by Crippen LogP contribution is 2.21. The number of carboxylic acid groups (broad SMARTS) is 1. The van der Waals surface area contributed by atoms with E-state index in [0.717, 1.165) is 11.3 Å². The van der Waals surface area contributed by atoms with E-state index in [1.165, 1.54) is 23.2 Å². The minimum atomic E-state index is -1.16. The third kappa shape index (κ3) is 2.91. The fourth-order valence-electron chi connectivity index (χ4n) is 2.17. The number of nitrogens with zero attached hydrogens (tertiary/aromatic N) is 2. The van der Waals surface area contributed by atoms with Crippen LogP contribution in [0.4, 0.5) is 5.69 Å². The number of amides is 1. The smallest absolute Gasteiger partial charge is 0.338 e. The molecule has 0 saturated heterocycles. The molecule has 0 aliphatic rings. The van der Waals surface area contributed by atoms with Crippen LogP contribution in [0.3, 0.4) is 0 Å². The predicted octanol–water partition coefficient (Wildman–Crippen LogP) is 2.75. The number of rotatable bonds is 4. The zero-order valence-corrected chi connectivity index (χ0v) is 11.9. The van der Waals surface area contributed by atoms with Gasteiger partial charge < -0.3 is 10.0 Å². The Morgan fingerprint density at radius 1 is 1.19 bits per heavy atom. The normalized spacial score (nSPS) is 10.2. The molecule has 0 aliphatic heterocycles. The van der Waals surface area contributed by atoms with Crippen LogP contribution in [0.1, 0.15) is 33.3 Å². The number of carboxylic acids is 1. The van der Waals surface area contributed by atoms with Gasteiger partial charge in [0.15, 0.2) is 0 Å². The zero-order chi connectivity index (χ0) is 15.4. The molecule has 0 atom stereocenters. The van der Waals surface area contributed by atoms with Gasteiger partial charge in [0.2, 0.25) is 0 Å². The molecule has 1 amide bonds. The molecule has 21 heavy (non-hydrogen) atoms. The number of aromatic nitrogens is 1. The Morgan fingerprint density at radius 2 is 1.90 bits per heavy atom. The molecule has 0 bridgehead atoms. The van der Waals surface area contributed by atoms with Crippen molar-refractivity contribution in [1.82, 2.24) is 4.98 Å². The van der Waals surface area contributed by atoms with Crippen molar-refractivity contribution < 1.29 is 14.7 Å². The van der Waals surface area contributed by atoms with E-state index in [1.807, 2.05) is 38.1 Å². The van der Waals surface area contributed by atoms with Crippen LogP contribution in [0.25, 0.3) is 0 Å². The number of carbonyl (C=O) groups excluding carboxylic acids is 1. The third-order valence-corrected chi connectivity index (χ3v) is 3.21. The summed E-state index contributed by atoms with van der Waals surface area (Å²) in [5.74, 6) is -1.57. The van der Waals surface area contributed by atoms with Gasteiger partial charge in [0.05, 0.1) is 5.56 Å². The van der Waals surface area contributed by atoms with Crippen LogP contribution >= 0.6 is 0 Å². The van der Waals surface area contributed by atoms with Crippen molar-refractivity contribution in [3.05, 3.63) is 59.4 Å². The molecule has 0 saturated carbocycles. The van der Waals surface area contributed by atoms with Crippen molar-refractivity contribution in [1.29, 1.82) is 0 Å². The van der Waals surface area contributed by atoms with Crippen LogP contribution in [0, 0.1) is 6.92 Å². The summed E-state index contributed by atoms with van der Waals surface area (Å²) in [5.41, 5.74) is 1.57. The number of anilines is 1. The Hall–Kier alpha value is -2.69. The average Bonchev–Trinajstić information content (AvgIpc) is 2.49. The first-order valence-electron chi connectivity index (χ1n) is 6.62. The van der Waals surface area contributed by atoms with E-state index in [2.05, 4.69) is 4.98 Å². The van der Waals surface area contributed by atoms with Gasteiger partial charge in [0.1, 0.15) is 5.69 Å². The Bertz CT molecular complexity index is 683. The minimum Gasteiger partial charge on any atom is -0.478 e. The van der Waals surface area contributed by atoms with Gasteiger partial charge in [-0.1, -0.05) is 18.2 Å². The lowest BCUT2D eigenvalue weighted by Crippen LogP contribution is -2.33. The van der Waals surface area contributed by atoms with Crippen LogP contribution in [0.15, 0.2) is 42.6 Å². The van der Waals surface area contributed by atoms with Crippen molar-refractivity contribution in [3.8, 4) is 0 Å². The van der Waals surface area contributed by atoms with E-state index in [0.29, 0.717) is 6.54 Å². The number of pyridine rings is 1. The van der Waals surface area contributed by atoms with Crippen LogP contribution in [-0.2, 0) is 0 Å². The van der Waals surface area contributed by atoms with Gasteiger partial charge in [0.25, 0.3) is 5.91 Å². The molecule has 2 aromatic rings. The van der Waals surface area contributed by atoms with Gasteiger partial charge in [-0.15, -0.1) is 0 Å². The Labute approximate surface area is 122 Å². The van der Waals surface area contributed by atoms with E-state index >= 15 is 0 Å². The molecular weight excluding hydrogens is 268 g/mol. The van der Waals surface area contributed by atoms with E-state index in [9.17, 15) is 14.7 Å². The van der Waals surface area contributed by atoms with Gasteiger partial charge in [-0.25, -0.2) is 4.79 Å². The summed E-state index contributed by atoms with van der Waals surface area (Å²) in [4.78, 5) is 29.4.